The number of rotatable bonds is 7. The molecule has 0 unspecified atom stereocenters. The highest BCUT2D eigenvalue weighted by atomic mass is 19.1. The molecule has 1 amide bonds. The third kappa shape index (κ3) is 4.52. The number of nitrogens with one attached hydrogen (secondary N) is 2. The Bertz CT molecular complexity index is 511. The molecule has 9 heteroatoms. The number of carbonyl (C=O) groups excluding carboxylic acids is 1. The molecule has 0 saturated heterocycles. The van der Waals surface area contributed by atoms with Gasteiger partial charge in [-0.1, -0.05) is 0 Å². The second-order valence-corrected chi connectivity index (χ2v) is 3.76. The van der Waals surface area contributed by atoms with Crippen LogP contribution in [-0.2, 0) is 9.53 Å². The quantitative estimate of drug-likeness (QED) is 0.444. The first-order chi connectivity index (χ1) is 9.45. The number of anilines is 1. The molecular formula is C11H13F2N3O4. The van der Waals surface area contributed by atoms with Crippen molar-refractivity contribution in [2.45, 2.75) is 0 Å². The monoisotopic (exact) mass is 289 g/mol. The van der Waals surface area contributed by atoms with Crippen LogP contribution in [0.4, 0.5) is 20.2 Å². The Kier molecular flexibility index (Phi) is 5.94. The molecule has 0 aliphatic heterocycles. The molecule has 0 aliphatic rings. The number of carbonyl (C=O) groups is 1. The second-order valence-electron chi connectivity index (χ2n) is 3.76. The zero-order valence-electron chi connectivity index (χ0n) is 10.6. The fourth-order valence-corrected chi connectivity index (χ4v) is 1.39. The lowest BCUT2D eigenvalue weighted by Crippen LogP contribution is -2.30. The molecule has 2 N–H and O–H groups in total. The molecule has 0 aliphatic carbocycles. The van der Waals surface area contributed by atoms with Crippen molar-refractivity contribution in [1.82, 2.24) is 5.32 Å². The maximum absolute atomic E-state index is 13.5. The summed E-state index contributed by atoms with van der Waals surface area (Å²) in [7, 11) is 1.49. The average Bonchev–Trinajstić information content (AvgIpc) is 2.37. The van der Waals surface area contributed by atoms with Gasteiger partial charge in [0.2, 0.25) is 5.91 Å². The Morgan fingerprint density at radius 1 is 1.45 bits per heavy atom. The van der Waals surface area contributed by atoms with Crippen molar-refractivity contribution in [3.8, 4) is 0 Å². The normalized spacial score (nSPS) is 10.3. The van der Waals surface area contributed by atoms with Gasteiger partial charge in [-0.25, -0.2) is 8.78 Å². The minimum Gasteiger partial charge on any atom is -0.383 e. The molecule has 0 heterocycles. The van der Waals surface area contributed by atoms with Crippen molar-refractivity contribution in [3.63, 3.8) is 0 Å². The number of nitro groups is 1. The number of benzene rings is 1. The summed E-state index contributed by atoms with van der Waals surface area (Å²) in [6.45, 7) is 0.577. The van der Waals surface area contributed by atoms with Crippen LogP contribution < -0.4 is 10.6 Å². The van der Waals surface area contributed by atoms with Crippen molar-refractivity contribution < 1.29 is 23.2 Å². The van der Waals surface area contributed by atoms with Gasteiger partial charge in [0, 0.05) is 19.7 Å². The standard InChI is InChI=1S/C11H13F2N3O4/c1-20-3-2-14-6-10(17)15-11-8(13)4-7(12)5-9(11)16(18)19/h4-5,14H,2-3,6H2,1H3,(H,15,17). The molecule has 1 aromatic rings. The van der Waals surface area contributed by atoms with E-state index in [2.05, 4.69) is 5.32 Å². The van der Waals surface area contributed by atoms with Gasteiger partial charge in [0.15, 0.2) is 11.5 Å². The van der Waals surface area contributed by atoms with Gasteiger partial charge in [0.1, 0.15) is 5.82 Å². The number of nitrogens with zero attached hydrogens (tertiary/aromatic N) is 1. The predicted octanol–water partition coefficient (Wildman–Crippen LogP) is 1.05. The fraction of sp³-hybridized carbons (Fsp3) is 0.364. The van der Waals surface area contributed by atoms with E-state index in [1.807, 2.05) is 5.32 Å². The van der Waals surface area contributed by atoms with E-state index >= 15 is 0 Å². The first kappa shape index (κ1) is 15.9. The summed E-state index contributed by atoms with van der Waals surface area (Å²) in [6.07, 6.45) is 0. The van der Waals surface area contributed by atoms with Gasteiger partial charge in [0.25, 0.3) is 5.69 Å². The topological polar surface area (TPSA) is 93.5 Å². The zero-order valence-corrected chi connectivity index (χ0v) is 10.6. The largest absolute Gasteiger partial charge is 0.383 e. The smallest absolute Gasteiger partial charge is 0.298 e. The molecule has 0 fully saturated rings. The SMILES string of the molecule is COCCNCC(=O)Nc1c(F)cc(F)cc1[N+](=O)[O-]. The van der Waals surface area contributed by atoms with Crippen LogP contribution in [0.2, 0.25) is 0 Å². The minimum absolute atomic E-state index is 0.183. The van der Waals surface area contributed by atoms with Gasteiger partial charge < -0.3 is 15.4 Å². The number of hydrogen-bond donors (Lipinski definition) is 2. The molecule has 0 spiro atoms. The first-order valence-electron chi connectivity index (χ1n) is 5.58. The van der Waals surface area contributed by atoms with Crippen LogP contribution in [0.15, 0.2) is 12.1 Å². The van der Waals surface area contributed by atoms with Crippen LogP contribution in [-0.4, -0.2) is 37.6 Å². The van der Waals surface area contributed by atoms with E-state index in [0.29, 0.717) is 25.3 Å². The van der Waals surface area contributed by atoms with Crippen molar-refractivity contribution in [1.29, 1.82) is 0 Å². The van der Waals surface area contributed by atoms with Crippen LogP contribution in [0, 0.1) is 21.7 Å². The third-order valence-electron chi connectivity index (χ3n) is 2.26. The minimum atomic E-state index is -1.21. The van der Waals surface area contributed by atoms with Gasteiger partial charge in [-0.2, -0.15) is 0 Å². The lowest BCUT2D eigenvalue weighted by atomic mass is 10.2. The Morgan fingerprint density at radius 3 is 2.75 bits per heavy atom. The van der Waals surface area contributed by atoms with Crippen LogP contribution >= 0.6 is 0 Å². The molecule has 0 aromatic heterocycles. The number of hydrogen-bond acceptors (Lipinski definition) is 5. The van der Waals surface area contributed by atoms with Crippen molar-refractivity contribution >= 4 is 17.3 Å². The summed E-state index contributed by atoms with van der Waals surface area (Å²) in [5, 5.41) is 15.4. The number of methoxy groups -OCH3 is 1. The van der Waals surface area contributed by atoms with Crippen LogP contribution in [0.1, 0.15) is 0 Å². The van der Waals surface area contributed by atoms with E-state index < -0.39 is 33.8 Å². The third-order valence-corrected chi connectivity index (χ3v) is 2.26. The Morgan fingerprint density at radius 2 is 2.15 bits per heavy atom. The molecule has 0 radical (unpaired) electrons. The van der Waals surface area contributed by atoms with Crippen LogP contribution in [0.3, 0.4) is 0 Å². The van der Waals surface area contributed by atoms with Gasteiger partial charge in [0.05, 0.1) is 24.1 Å². The lowest BCUT2D eigenvalue weighted by Gasteiger charge is -2.08. The molecule has 110 valence electrons. The first-order valence-corrected chi connectivity index (χ1v) is 5.58. The number of halogens is 2. The van der Waals surface area contributed by atoms with Crippen molar-refractivity contribution in [2.24, 2.45) is 0 Å². The zero-order chi connectivity index (χ0) is 15.1. The Labute approximate surface area is 113 Å². The second kappa shape index (κ2) is 7.46. The molecule has 0 bridgehead atoms. The lowest BCUT2D eigenvalue weighted by molar-refractivity contribution is -0.384. The molecule has 1 aromatic carbocycles. The molecule has 7 nitrogen and oxygen atoms in total. The molecular weight excluding hydrogens is 276 g/mol. The van der Waals surface area contributed by atoms with E-state index in [1.54, 1.807) is 0 Å². The number of amides is 1. The van der Waals surface area contributed by atoms with E-state index in [4.69, 9.17) is 4.74 Å². The number of ether oxygens (including phenoxy) is 1. The summed E-state index contributed by atoms with van der Waals surface area (Å²) in [5.74, 6) is -2.98. The van der Waals surface area contributed by atoms with Crippen LogP contribution in [0.25, 0.3) is 0 Å². The molecule has 0 atom stereocenters. The van der Waals surface area contributed by atoms with Crippen molar-refractivity contribution in [3.05, 3.63) is 33.9 Å². The summed E-state index contributed by atoms with van der Waals surface area (Å²) in [6, 6.07) is 0.998. The van der Waals surface area contributed by atoms with Gasteiger partial charge in [-0.15, -0.1) is 0 Å². The fourth-order valence-electron chi connectivity index (χ4n) is 1.39. The van der Waals surface area contributed by atoms with E-state index in [9.17, 15) is 23.7 Å². The summed E-state index contributed by atoms with van der Waals surface area (Å²) < 4.78 is 31.1. The Balaban J connectivity index is 2.76. The van der Waals surface area contributed by atoms with E-state index in [-0.39, 0.29) is 6.54 Å². The maximum atomic E-state index is 13.5. The predicted molar refractivity (Wildman–Crippen MR) is 66.4 cm³/mol. The summed E-state index contributed by atoms with van der Waals surface area (Å²) >= 11 is 0. The maximum Gasteiger partial charge on any atom is 0.298 e. The highest BCUT2D eigenvalue weighted by Gasteiger charge is 2.22. The van der Waals surface area contributed by atoms with E-state index in [0.717, 1.165) is 0 Å². The van der Waals surface area contributed by atoms with Gasteiger partial charge >= 0.3 is 0 Å². The summed E-state index contributed by atoms with van der Waals surface area (Å²) in [5.41, 5.74) is -1.50. The average molecular weight is 289 g/mol. The molecule has 0 saturated carbocycles. The van der Waals surface area contributed by atoms with Gasteiger partial charge in [-0.3, -0.25) is 14.9 Å². The summed E-state index contributed by atoms with van der Waals surface area (Å²) in [4.78, 5) is 21.2. The number of nitro benzene ring substituents is 1. The van der Waals surface area contributed by atoms with Gasteiger partial charge in [-0.05, 0) is 0 Å². The highest BCUT2D eigenvalue weighted by Crippen LogP contribution is 2.28. The van der Waals surface area contributed by atoms with E-state index in [1.165, 1.54) is 7.11 Å². The van der Waals surface area contributed by atoms with Crippen molar-refractivity contribution in [2.75, 3.05) is 32.1 Å². The highest BCUT2D eigenvalue weighted by molar-refractivity contribution is 5.94. The Hall–Kier alpha value is -2.13. The molecule has 1 rings (SSSR count). The van der Waals surface area contributed by atoms with Crippen LogP contribution in [0.5, 0.6) is 0 Å². The molecule has 20 heavy (non-hydrogen) atoms.